The van der Waals surface area contributed by atoms with Gasteiger partial charge in [0.25, 0.3) is 0 Å². The molecule has 0 aliphatic carbocycles. The van der Waals surface area contributed by atoms with E-state index in [1.807, 2.05) is 36.0 Å². The van der Waals surface area contributed by atoms with Crippen molar-refractivity contribution in [3.05, 3.63) is 40.1 Å². The van der Waals surface area contributed by atoms with Gasteiger partial charge in [0.05, 0.1) is 29.5 Å². The van der Waals surface area contributed by atoms with Crippen LogP contribution in [0.3, 0.4) is 0 Å². The van der Waals surface area contributed by atoms with E-state index in [0.29, 0.717) is 0 Å². The number of aromatic nitrogens is 2. The van der Waals surface area contributed by atoms with Gasteiger partial charge >= 0.3 is 0 Å². The fourth-order valence-electron chi connectivity index (χ4n) is 1.91. The Hall–Kier alpha value is -1.49. The Balaban J connectivity index is 2.07. The van der Waals surface area contributed by atoms with Gasteiger partial charge in [-0.2, -0.15) is 5.10 Å². The van der Waals surface area contributed by atoms with Crippen molar-refractivity contribution in [2.45, 2.75) is 19.9 Å². The predicted octanol–water partition coefficient (Wildman–Crippen LogP) is 3.37. The summed E-state index contributed by atoms with van der Waals surface area (Å²) in [6.45, 7) is 2.84. The van der Waals surface area contributed by atoms with Gasteiger partial charge in [0.2, 0.25) is 0 Å². The number of aryl methyl sites for hydroxylation is 2. The number of anilines is 1. The average molecular weight is 324 g/mol. The van der Waals surface area contributed by atoms with Crippen LogP contribution in [0.1, 0.15) is 18.3 Å². The molecule has 0 aliphatic heterocycles. The number of nitrogens with zero attached hydrogens (tertiary/aromatic N) is 2. The minimum absolute atomic E-state index is 0.733. The number of hydrogen-bond acceptors (Lipinski definition) is 3. The number of ether oxygens (including phenoxy) is 1. The van der Waals surface area contributed by atoms with Crippen molar-refractivity contribution in [3.8, 4) is 5.75 Å². The molecule has 0 radical (unpaired) electrons. The topological polar surface area (TPSA) is 39.1 Å². The quantitative estimate of drug-likeness (QED) is 0.917. The monoisotopic (exact) mass is 323 g/mol. The molecule has 0 amide bonds. The summed E-state index contributed by atoms with van der Waals surface area (Å²) in [5.41, 5.74) is 3.30. The second-order valence-electron chi connectivity index (χ2n) is 4.27. The SMILES string of the molecule is CCc1nn(C)c(CNc2ccc(OC)cc2)c1Br. The highest BCUT2D eigenvalue weighted by molar-refractivity contribution is 9.10. The van der Waals surface area contributed by atoms with E-state index in [-0.39, 0.29) is 0 Å². The minimum atomic E-state index is 0.733. The fourth-order valence-corrected chi connectivity index (χ4v) is 2.66. The number of rotatable bonds is 5. The third-order valence-electron chi connectivity index (χ3n) is 3.05. The Morgan fingerprint density at radius 2 is 2.00 bits per heavy atom. The van der Waals surface area contributed by atoms with Crippen LogP contribution in [0.25, 0.3) is 0 Å². The van der Waals surface area contributed by atoms with Gasteiger partial charge in [-0.25, -0.2) is 0 Å². The zero-order chi connectivity index (χ0) is 13.8. The van der Waals surface area contributed by atoms with E-state index in [1.165, 1.54) is 0 Å². The van der Waals surface area contributed by atoms with Gasteiger partial charge in [-0.1, -0.05) is 6.92 Å². The lowest BCUT2D eigenvalue weighted by Gasteiger charge is -2.08. The molecule has 4 nitrogen and oxygen atoms in total. The van der Waals surface area contributed by atoms with Crippen LogP contribution in [0.4, 0.5) is 5.69 Å². The van der Waals surface area contributed by atoms with E-state index in [0.717, 1.165) is 40.3 Å². The standard InChI is InChI=1S/C14H18BrN3O/c1-4-12-14(15)13(18(2)17-12)9-16-10-5-7-11(19-3)8-6-10/h5-8,16H,4,9H2,1-3H3. The third-order valence-corrected chi connectivity index (χ3v) is 3.97. The van der Waals surface area contributed by atoms with E-state index in [4.69, 9.17) is 4.74 Å². The van der Waals surface area contributed by atoms with E-state index < -0.39 is 0 Å². The van der Waals surface area contributed by atoms with Crippen molar-refractivity contribution in [2.24, 2.45) is 7.05 Å². The van der Waals surface area contributed by atoms with Gasteiger partial charge < -0.3 is 10.1 Å². The number of halogens is 1. The molecule has 102 valence electrons. The van der Waals surface area contributed by atoms with Gasteiger partial charge in [0, 0.05) is 12.7 Å². The molecule has 19 heavy (non-hydrogen) atoms. The Kier molecular flexibility index (Phi) is 4.47. The predicted molar refractivity (Wildman–Crippen MR) is 80.6 cm³/mol. The normalized spacial score (nSPS) is 10.5. The molecule has 0 unspecified atom stereocenters. The molecule has 1 N–H and O–H groups in total. The van der Waals surface area contributed by atoms with E-state index in [1.54, 1.807) is 7.11 Å². The first-order valence-corrected chi connectivity index (χ1v) is 7.03. The fraction of sp³-hybridized carbons (Fsp3) is 0.357. The summed E-state index contributed by atoms with van der Waals surface area (Å²) in [5, 5.41) is 7.86. The van der Waals surface area contributed by atoms with Crippen molar-refractivity contribution in [2.75, 3.05) is 12.4 Å². The molecule has 1 aromatic carbocycles. The van der Waals surface area contributed by atoms with E-state index >= 15 is 0 Å². The number of nitrogens with one attached hydrogen (secondary N) is 1. The zero-order valence-electron chi connectivity index (χ0n) is 11.4. The zero-order valence-corrected chi connectivity index (χ0v) is 13.0. The molecule has 0 fully saturated rings. The largest absolute Gasteiger partial charge is 0.497 e. The Labute approximate surface area is 121 Å². The molecule has 2 aromatic rings. The smallest absolute Gasteiger partial charge is 0.119 e. The molecule has 0 spiro atoms. The Bertz CT molecular complexity index is 549. The van der Waals surface area contributed by atoms with Gasteiger partial charge in [-0.05, 0) is 46.6 Å². The van der Waals surface area contributed by atoms with Gasteiger partial charge in [0.15, 0.2) is 0 Å². The maximum absolute atomic E-state index is 5.14. The van der Waals surface area contributed by atoms with Crippen molar-refractivity contribution < 1.29 is 4.74 Å². The maximum atomic E-state index is 5.14. The van der Waals surface area contributed by atoms with Crippen molar-refractivity contribution in [3.63, 3.8) is 0 Å². The lowest BCUT2D eigenvalue weighted by Crippen LogP contribution is -2.05. The Morgan fingerprint density at radius 1 is 1.32 bits per heavy atom. The summed E-state index contributed by atoms with van der Waals surface area (Å²) in [6.07, 6.45) is 0.928. The van der Waals surface area contributed by atoms with E-state index in [2.05, 4.69) is 33.3 Å². The first-order chi connectivity index (χ1) is 9.15. The highest BCUT2D eigenvalue weighted by Gasteiger charge is 2.11. The van der Waals surface area contributed by atoms with Crippen LogP contribution in [-0.2, 0) is 20.0 Å². The van der Waals surface area contributed by atoms with E-state index in [9.17, 15) is 0 Å². The summed E-state index contributed by atoms with van der Waals surface area (Å²) >= 11 is 3.62. The summed E-state index contributed by atoms with van der Waals surface area (Å²) in [5.74, 6) is 0.862. The summed E-state index contributed by atoms with van der Waals surface area (Å²) < 4.78 is 8.15. The first kappa shape index (κ1) is 13.9. The van der Waals surface area contributed by atoms with Gasteiger partial charge in [-0.15, -0.1) is 0 Å². The van der Waals surface area contributed by atoms with Crippen LogP contribution in [0.2, 0.25) is 0 Å². The molecule has 1 heterocycles. The summed E-state index contributed by atoms with van der Waals surface area (Å²) in [6, 6.07) is 7.89. The molecule has 1 aromatic heterocycles. The summed E-state index contributed by atoms with van der Waals surface area (Å²) in [7, 11) is 3.64. The van der Waals surface area contributed by atoms with Crippen molar-refractivity contribution in [1.29, 1.82) is 0 Å². The molecule has 0 aliphatic rings. The highest BCUT2D eigenvalue weighted by atomic mass is 79.9. The molecule has 0 atom stereocenters. The number of hydrogen-bond donors (Lipinski definition) is 1. The molecular weight excluding hydrogens is 306 g/mol. The van der Waals surface area contributed by atoms with Crippen LogP contribution in [0, 0.1) is 0 Å². The van der Waals surface area contributed by atoms with Crippen molar-refractivity contribution in [1.82, 2.24) is 9.78 Å². The van der Waals surface area contributed by atoms with Crippen LogP contribution < -0.4 is 10.1 Å². The highest BCUT2D eigenvalue weighted by Crippen LogP contribution is 2.23. The maximum Gasteiger partial charge on any atom is 0.119 e. The second kappa shape index (κ2) is 6.10. The second-order valence-corrected chi connectivity index (χ2v) is 5.06. The molecule has 0 saturated carbocycles. The van der Waals surface area contributed by atoms with Crippen LogP contribution in [0.5, 0.6) is 5.75 Å². The molecular formula is C14H18BrN3O. The number of benzene rings is 1. The average Bonchev–Trinajstić information content (AvgIpc) is 2.72. The Morgan fingerprint density at radius 3 is 2.53 bits per heavy atom. The minimum Gasteiger partial charge on any atom is -0.497 e. The van der Waals surface area contributed by atoms with Crippen LogP contribution in [-0.4, -0.2) is 16.9 Å². The lowest BCUT2D eigenvalue weighted by atomic mass is 10.2. The molecule has 0 bridgehead atoms. The van der Waals surface area contributed by atoms with Crippen LogP contribution in [0.15, 0.2) is 28.7 Å². The molecule has 0 saturated heterocycles. The molecule has 2 rings (SSSR count). The van der Waals surface area contributed by atoms with Gasteiger partial charge in [0.1, 0.15) is 5.75 Å². The lowest BCUT2D eigenvalue weighted by molar-refractivity contribution is 0.415. The van der Waals surface area contributed by atoms with Crippen molar-refractivity contribution >= 4 is 21.6 Å². The number of methoxy groups -OCH3 is 1. The third kappa shape index (κ3) is 3.10. The van der Waals surface area contributed by atoms with Gasteiger partial charge in [-0.3, -0.25) is 4.68 Å². The molecule has 5 heteroatoms. The summed E-state index contributed by atoms with van der Waals surface area (Å²) in [4.78, 5) is 0. The first-order valence-electron chi connectivity index (χ1n) is 6.23. The van der Waals surface area contributed by atoms with Crippen LogP contribution >= 0.6 is 15.9 Å².